The number of ether oxygens (including phenoxy) is 1. The van der Waals surface area contributed by atoms with Gasteiger partial charge >= 0.3 is 0 Å². The highest BCUT2D eigenvalue weighted by molar-refractivity contribution is 6.00. The molecule has 1 aromatic heterocycles. The maximum absolute atomic E-state index is 5.53. The van der Waals surface area contributed by atoms with Crippen LogP contribution in [0.1, 0.15) is 11.1 Å². The lowest BCUT2D eigenvalue weighted by Gasteiger charge is -2.16. The number of nitrogens with zero attached hydrogens (tertiary/aromatic N) is 1. The fourth-order valence-electron chi connectivity index (χ4n) is 3.41. The first-order valence-corrected chi connectivity index (χ1v) is 10.00. The molecule has 0 bridgehead atoms. The van der Waals surface area contributed by atoms with Crippen LogP contribution in [-0.2, 0) is 0 Å². The van der Waals surface area contributed by atoms with Gasteiger partial charge in [-0.1, -0.05) is 60.7 Å². The Balaban J connectivity index is 1.69. The van der Waals surface area contributed by atoms with Crippen LogP contribution >= 0.6 is 0 Å². The van der Waals surface area contributed by atoms with Gasteiger partial charge in [0.1, 0.15) is 11.3 Å². The zero-order chi connectivity index (χ0) is 20.8. The van der Waals surface area contributed by atoms with Crippen molar-refractivity contribution in [3.63, 3.8) is 0 Å². The van der Waals surface area contributed by atoms with Crippen LogP contribution in [-0.4, -0.2) is 18.6 Å². The summed E-state index contributed by atoms with van der Waals surface area (Å²) in [6, 6.07) is 24.5. The SMILES string of the molecule is COc1cccc2c(Nc3ccccc3C)c(C=CCNc3ccccc3)cnc12. The van der Waals surface area contributed by atoms with Crippen LogP contribution in [0.5, 0.6) is 5.75 Å². The summed E-state index contributed by atoms with van der Waals surface area (Å²) in [5.74, 6) is 0.765. The monoisotopic (exact) mass is 395 g/mol. The molecule has 4 heteroatoms. The van der Waals surface area contributed by atoms with Gasteiger partial charge in [-0.15, -0.1) is 0 Å². The number of pyridine rings is 1. The van der Waals surface area contributed by atoms with Crippen molar-refractivity contribution in [2.75, 3.05) is 24.3 Å². The minimum atomic E-state index is 0.726. The van der Waals surface area contributed by atoms with Crippen molar-refractivity contribution in [2.45, 2.75) is 6.92 Å². The molecule has 4 aromatic rings. The van der Waals surface area contributed by atoms with E-state index in [9.17, 15) is 0 Å². The summed E-state index contributed by atoms with van der Waals surface area (Å²) in [7, 11) is 1.67. The van der Waals surface area contributed by atoms with Gasteiger partial charge in [0.05, 0.1) is 12.8 Å². The topological polar surface area (TPSA) is 46.2 Å². The third-order valence-corrected chi connectivity index (χ3v) is 5.01. The Morgan fingerprint density at radius 3 is 2.53 bits per heavy atom. The predicted molar refractivity (Wildman–Crippen MR) is 127 cm³/mol. The lowest BCUT2D eigenvalue weighted by atomic mass is 10.1. The average molecular weight is 396 g/mol. The summed E-state index contributed by atoms with van der Waals surface area (Å²) in [6.07, 6.45) is 6.10. The molecule has 0 aliphatic carbocycles. The number of aromatic nitrogens is 1. The van der Waals surface area contributed by atoms with Gasteiger partial charge in [0.2, 0.25) is 0 Å². The summed E-state index contributed by atoms with van der Waals surface area (Å²) in [4.78, 5) is 4.68. The number of para-hydroxylation sites is 3. The molecule has 0 saturated heterocycles. The highest BCUT2D eigenvalue weighted by Crippen LogP contribution is 2.34. The summed E-state index contributed by atoms with van der Waals surface area (Å²) >= 11 is 0. The molecule has 0 radical (unpaired) electrons. The first-order valence-electron chi connectivity index (χ1n) is 10.00. The summed E-state index contributed by atoms with van der Waals surface area (Å²) in [6.45, 7) is 2.83. The molecule has 4 rings (SSSR count). The number of hydrogen-bond donors (Lipinski definition) is 2. The first kappa shape index (κ1) is 19.5. The van der Waals surface area contributed by atoms with Gasteiger partial charge in [0, 0.05) is 35.1 Å². The molecule has 4 nitrogen and oxygen atoms in total. The molecule has 0 unspecified atom stereocenters. The van der Waals surface area contributed by atoms with Crippen LogP contribution in [0.2, 0.25) is 0 Å². The molecule has 0 aliphatic rings. The van der Waals surface area contributed by atoms with E-state index in [1.807, 2.05) is 48.7 Å². The van der Waals surface area contributed by atoms with Crippen molar-refractivity contribution in [1.82, 2.24) is 4.98 Å². The maximum atomic E-state index is 5.53. The van der Waals surface area contributed by atoms with E-state index in [1.54, 1.807) is 7.11 Å². The van der Waals surface area contributed by atoms with Gasteiger partial charge in [-0.05, 0) is 36.8 Å². The number of fused-ring (bicyclic) bond motifs is 1. The van der Waals surface area contributed by atoms with Gasteiger partial charge in [-0.2, -0.15) is 0 Å². The normalized spacial score (nSPS) is 11.0. The van der Waals surface area contributed by atoms with Crippen LogP contribution in [0, 0.1) is 6.92 Å². The molecule has 0 atom stereocenters. The van der Waals surface area contributed by atoms with E-state index in [-0.39, 0.29) is 0 Å². The fourth-order valence-corrected chi connectivity index (χ4v) is 3.41. The van der Waals surface area contributed by atoms with Gasteiger partial charge in [-0.3, -0.25) is 4.98 Å². The van der Waals surface area contributed by atoms with Gasteiger partial charge in [-0.25, -0.2) is 0 Å². The third-order valence-electron chi connectivity index (χ3n) is 5.01. The van der Waals surface area contributed by atoms with Crippen molar-refractivity contribution in [1.29, 1.82) is 0 Å². The highest BCUT2D eigenvalue weighted by Gasteiger charge is 2.11. The largest absolute Gasteiger partial charge is 0.494 e. The standard InChI is InChI=1S/C26H25N3O/c1-19-10-6-7-15-23(19)29-25-20(11-9-17-27-21-12-4-3-5-13-21)18-28-26-22(25)14-8-16-24(26)30-2/h3-16,18,27H,17H2,1-2H3,(H,28,29). The fraction of sp³-hybridized carbons (Fsp3) is 0.115. The molecule has 0 saturated carbocycles. The Morgan fingerprint density at radius 2 is 1.73 bits per heavy atom. The zero-order valence-corrected chi connectivity index (χ0v) is 17.2. The Bertz CT molecular complexity index is 1170. The molecule has 30 heavy (non-hydrogen) atoms. The van der Waals surface area contributed by atoms with E-state index >= 15 is 0 Å². The van der Waals surface area contributed by atoms with Gasteiger partial charge in [0.15, 0.2) is 0 Å². The maximum Gasteiger partial charge on any atom is 0.145 e. The molecule has 2 N–H and O–H groups in total. The van der Waals surface area contributed by atoms with E-state index < -0.39 is 0 Å². The smallest absolute Gasteiger partial charge is 0.145 e. The highest BCUT2D eigenvalue weighted by atomic mass is 16.5. The first-order chi connectivity index (χ1) is 14.8. The molecule has 0 aliphatic heterocycles. The van der Waals surface area contributed by atoms with Crippen LogP contribution < -0.4 is 15.4 Å². The number of hydrogen-bond acceptors (Lipinski definition) is 4. The van der Waals surface area contributed by atoms with E-state index in [0.29, 0.717) is 0 Å². The Morgan fingerprint density at radius 1 is 0.933 bits per heavy atom. The second kappa shape index (κ2) is 9.14. The molecular formula is C26H25N3O. The van der Waals surface area contributed by atoms with Gasteiger partial charge < -0.3 is 15.4 Å². The van der Waals surface area contributed by atoms with Crippen LogP contribution in [0.4, 0.5) is 17.1 Å². The molecule has 150 valence electrons. The van der Waals surface area contributed by atoms with Crippen LogP contribution in [0.25, 0.3) is 17.0 Å². The van der Waals surface area contributed by atoms with Gasteiger partial charge in [0.25, 0.3) is 0 Å². The number of methoxy groups -OCH3 is 1. The van der Waals surface area contributed by atoms with Crippen molar-refractivity contribution in [3.05, 3.63) is 96.2 Å². The summed E-state index contributed by atoms with van der Waals surface area (Å²) in [5.41, 5.74) is 6.24. The zero-order valence-electron chi connectivity index (χ0n) is 17.2. The van der Waals surface area contributed by atoms with Crippen molar-refractivity contribution in [2.24, 2.45) is 0 Å². The minimum absolute atomic E-state index is 0.726. The summed E-state index contributed by atoms with van der Waals surface area (Å²) < 4.78 is 5.53. The quantitative estimate of drug-likeness (QED) is 0.379. The van der Waals surface area contributed by atoms with E-state index in [1.165, 1.54) is 5.56 Å². The van der Waals surface area contributed by atoms with Crippen LogP contribution in [0.3, 0.4) is 0 Å². The van der Waals surface area contributed by atoms with E-state index in [0.717, 1.165) is 45.8 Å². The molecule has 0 fully saturated rings. The second-order valence-electron chi connectivity index (χ2n) is 7.03. The number of benzene rings is 3. The Kier molecular flexibility index (Phi) is 5.95. The Hall–Kier alpha value is -3.79. The van der Waals surface area contributed by atoms with Crippen molar-refractivity contribution >= 4 is 34.0 Å². The molecular weight excluding hydrogens is 370 g/mol. The number of anilines is 3. The molecule has 0 spiro atoms. The second-order valence-corrected chi connectivity index (χ2v) is 7.03. The number of aryl methyl sites for hydroxylation is 1. The van der Waals surface area contributed by atoms with E-state index in [2.05, 4.69) is 65.0 Å². The summed E-state index contributed by atoms with van der Waals surface area (Å²) in [5, 5.41) is 8.05. The Labute approximate surface area is 177 Å². The average Bonchev–Trinajstić information content (AvgIpc) is 2.79. The van der Waals surface area contributed by atoms with E-state index in [4.69, 9.17) is 4.74 Å². The third kappa shape index (κ3) is 4.28. The predicted octanol–water partition coefficient (Wildman–Crippen LogP) is 6.42. The lowest BCUT2D eigenvalue weighted by Crippen LogP contribution is -2.00. The molecule has 3 aromatic carbocycles. The lowest BCUT2D eigenvalue weighted by molar-refractivity contribution is 0.419. The molecule has 1 heterocycles. The van der Waals surface area contributed by atoms with Crippen molar-refractivity contribution < 1.29 is 4.74 Å². The minimum Gasteiger partial charge on any atom is -0.494 e. The number of rotatable bonds is 7. The van der Waals surface area contributed by atoms with Crippen LogP contribution in [0.15, 0.2) is 85.1 Å². The number of nitrogens with one attached hydrogen (secondary N) is 2. The van der Waals surface area contributed by atoms with Crippen molar-refractivity contribution in [3.8, 4) is 5.75 Å². The molecule has 0 amide bonds.